The van der Waals surface area contributed by atoms with Crippen molar-refractivity contribution in [1.29, 1.82) is 0 Å². The monoisotopic (exact) mass is 285 g/mol. The summed E-state index contributed by atoms with van der Waals surface area (Å²) < 4.78 is 4.85. The highest BCUT2D eigenvalue weighted by atomic mass is 16.5. The molecule has 2 amide bonds. The molecule has 116 valence electrons. The molecule has 2 unspecified atom stereocenters. The van der Waals surface area contributed by atoms with E-state index in [-0.39, 0.29) is 11.8 Å². The Kier molecular flexibility index (Phi) is 8.22. The van der Waals surface area contributed by atoms with Gasteiger partial charge in [-0.2, -0.15) is 0 Å². The molecular formula is C14H27N3O3. The van der Waals surface area contributed by atoms with Crippen LogP contribution in [0.2, 0.25) is 0 Å². The van der Waals surface area contributed by atoms with Gasteiger partial charge in [0.1, 0.15) is 6.04 Å². The number of carbonyl (C=O) groups excluding carboxylic acids is 2. The number of amides is 2. The SMILES string of the molecule is COCCNC(=O)C(C)NC(=O)CCC1CCCCN1. The van der Waals surface area contributed by atoms with Crippen LogP contribution in [0.4, 0.5) is 0 Å². The molecule has 6 nitrogen and oxygen atoms in total. The number of piperidine rings is 1. The van der Waals surface area contributed by atoms with Crippen molar-refractivity contribution in [3.8, 4) is 0 Å². The molecule has 0 saturated carbocycles. The molecule has 0 aromatic rings. The van der Waals surface area contributed by atoms with Crippen molar-refractivity contribution >= 4 is 11.8 Å². The third-order valence-electron chi connectivity index (χ3n) is 3.51. The molecule has 0 bridgehead atoms. The number of ether oxygens (including phenoxy) is 1. The van der Waals surface area contributed by atoms with E-state index in [4.69, 9.17) is 4.74 Å². The van der Waals surface area contributed by atoms with Crippen molar-refractivity contribution in [3.05, 3.63) is 0 Å². The van der Waals surface area contributed by atoms with Crippen molar-refractivity contribution < 1.29 is 14.3 Å². The molecule has 0 aliphatic carbocycles. The first kappa shape index (κ1) is 16.9. The molecule has 0 aromatic carbocycles. The van der Waals surface area contributed by atoms with E-state index in [9.17, 15) is 9.59 Å². The summed E-state index contributed by atoms with van der Waals surface area (Å²) in [5.74, 6) is -0.238. The normalized spacial score (nSPS) is 20.2. The zero-order valence-electron chi connectivity index (χ0n) is 12.5. The first-order valence-electron chi connectivity index (χ1n) is 7.43. The van der Waals surface area contributed by atoms with Gasteiger partial charge in [-0.1, -0.05) is 6.42 Å². The Hall–Kier alpha value is -1.14. The molecule has 1 aliphatic rings. The number of rotatable bonds is 8. The van der Waals surface area contributed by atoms with Gasteiger partial charge in [0, 0.05) is 26.1 Å². The molecule has 3 N–H and O–H groups in total. The lowest BCUT2D eigenvalue weighted by atomic mass is 10.0. The maximum absolute atomic E-state index is 11.8. The van der Waals surface area contributed by atoms with Gasteiger partial charge in [0.15, 0.2) is 0 Å². The van der Waals surface area contributed by atoms with Crippen LogP contribution in [0.25, 0.3) is 0 Å². The molecule has 20 heavy (non-hydrogen) atoms. The summed E-state index contributed by atoms with van der Waals surface area (Å²) in [7, 11) is 1.58. The fraction of sp³-hybridized carbons (Fsp3) is 0.857. The van der Waals surface area contributed by atoms with Crippen molar-refractivity contribution in [2.45, 2.75) is 51.1 Å². The van der Waals surface area contributed by atoms with Gasteiger partial charge in [-0.05, 0) is 32.7 Å². The Labute approximate surface area is 121 Å². The average molecular weight is 285 g/mol. The van der Waals surface area contributed by atoms with Crippen LogP contribution in [0.5, 0.6) is 0 Å². The molecule has 1 rings (SSSR count). The molecule has 0 spiro atoms. The zero-order chi connectivity index (χ0) is 14.8. The van der Waals surface area contributed by atoms with Gasteiger partial charge < -0.3 is 20.7 Å². The molecule has 0 radical (unpaired) electrons. The summed E-state index contributed by atoms with van der Waals surface area (Å²) in [6.07, 6.45) is 4.90. The van der Waals surface area contributed by atoms with Crippen molar-refractivity contribution in [1.82, 2.24) is 16.0 Å². The second kappa shape index (κ2) is 9.72. The Balaban J connectivity index is 2.14. The largest absolute Gasteiger partial charge is 0.383 e. The molecule has 1 heterocycles. The summed E-state index contributed by atoms with van der Waals surface area (Å²) in [6.45, 7) is 3.67. The van der Waals surface area contributed by atoms with Crippen LogP contribution in [-0.4, -0.2) is 50.7 Å². The van der Waals surface area contributed by atoms with Gasteiger partial charge in [0.25, 0.3) is 0 Å². The molecule has 1 aliphatic heterocycles. The summed E-state index contributed by atoms with van der Waals surface area (Å²) in [5, 5.41) is 8.84. The van der Waals surface area contributed by atoms with Gasteiger partial charge in [-0.3, -0.25) is 9.59 Å². The molecule has 6 heteroatoms. The lowest BCUT2D eigenvalue weighted by molar-refractivity contribution is -0.128. The second-order valence-corrected chi connectivity index (χ2v) is 5.26. The van der Waals surface area contributed by atoms with Gasteiger partial charge >= 0.3 is 0 Å². The van der Waals surface area contributed by atoms with E-state index < -0.39 is 6.04 Å². The molecule has 1 fully saturated rings. The lowest BCUT2D eigenvalue weighted by Crippen LogP contribution is -2.46. The molecule has 0 aromatic heterocycles. The van der Waals surface area contributed by atoms with Gasteiger partial charge in [0.2, 0.25) is 11.8 Å². The summed E-state index contributed by atoms with van der Waals surface area (Å²) in [4.78, 5) is 23.5. The van der Waals surface area contributed by atoms with E-state index in [1.165, 1.54) is 12.8 Å². The van der Waals surface area contributed by atoms with E-state index in [0.29, 0.717) is 25.6 Å². The van der Waals surface area contributed by atoms with Crippen molar-refractivity contribution in [3.63, 3.8) is 0 Å². The molecular weight excluding hydrogens is 258 g/mol. The first-order chi connectivity index (χ1) is 9.63. The van der Waals surface area contributed by atoms with Crippen LogP contribution in [0.1, 0.15) is 39.0 Å². The van der Waals surface area contributed by atoms with Gasteiger partial charge in [-0.25, -0.2) is 0 Å². The predicted octanol–water partition coefficient (Wildman–Crippen LogP) is 0.176. The second-order valence-electron chi connectivity index (χ2n) is 5.26. The number of hydrogen-bond acceptors (Lipinski definition) is 4. The Morgan fingerprint density at radius 2 is 2.20 bits per heavy atom. The highest BCUT2D eigenvalue weighted by Gasteiger charge is 2.17. The minimum atomic E-state index is -0.501. The van der Waals surface area contributed by atoms with E-state index in [2.05, 4.69) is 16.0 Å². The topological polar surface area (TPSA) is 79.5 Å². The van der Waals surface area contributed by atoms with E-state index in [0.717, 1.165) is 19.4 Å². The highest BCUT2D eigenvalue weighted by molar-refractivity contribution is 5.87. The lowest BCUT2D eigenvalue weighted by Gasteiger charge is -2.23. The van der Waals surface area contributed by atoms with Crippen molar-refractivity contribution in [2.75, 3.05) is 26.8 Å². The Bertz CT molecular complexity index is 304. The summed E-state index contributed by atoms with van der Waals surface area (Å²) in [6, 6.07) is -0.0565. The van der Waals surface area contributed by atoms with Crippen LogP contribution in [0.3, 0.4) is 0 Å². The smallest absolute Gasteiger partial charge is 0.242 e. The predicted molar refractivity (Wildman–Crippen MR) is 77.4 cm³/mol. The minimum Gasteiger partial charge on any atom is -0.383 e. The van der Waals surface area contributed by atoms with E-state index in [1.807, 2.05) is 0 Å². The van der Waals surface area contributed by atoms with Crippen LogP contribution in [0, 0.1) is 0 Å². The number of nitrogens with one attached hydrogen (secondary N) is 3. The highest BCUT2D eigenvalue weighted by Crippen LogP contribution is 2.11. The van der Waals surface area contributed by atoms with Crippen LogP contribution in [-0.2, 0) is 14.3 Å². The average Bonchev–Trinajstić information content (AvgIpc) is 2.46. The third kappa shape index (κ3) is 6.86. The Morgan fingerprint density at radius 1 is 1.40 bits per heavy atom. The summed E-state index contributed by atoms with van der Waals surface area (Å²) in [5.41, 5.74) is 0. The first-order valence-corrected chi connectivity index (χ1v) is 7.43. The van der Waals surface area contributed by atoms with E-state index in [1.54, 1.807) is 14.0 Å². The molecule has 2 atom stereocenters. The maximum atomic E-state index is 11.8. The Morgan fingerprint density at radius 3 is 2.85 bits per heavy atom. The van der Waals surface area contributed by atoms with Gasteiger partial charge in [-0.15, -0.1) is 0 Å². The van der Waals surface area contributed by atoms with Gasteiger partial charge in [0.05, 0.1) is 6.61 Å². The number of hydrogen-bond donors (Lipinski definition) is 3. The van der Waals surface area contributed by atoms with Crippen LogP contribution in [0.15, 0.2) is 0 Å². The fourth-order valence-electron chi connectivity index (χ4n) is 2.28. The maximum Gasteiger partial charge on any atom is 0.242 e. The van der Waals surface area contributed by atoms with Crippen molar-refractivity contribution in [2.24, 2.45) is 0 Å². The van der Waals surface area contributed by atoms with Crippen LogP contribution < -0.4 is 16.0 Å². The molecule has 1 saturated heterocycles. The quantitative estimate of drug-likeness (QED) is 0.556. The van der Waals surface area contributed by atoms with E-state index >= 15 is 0 Å². The number of methoxy groups -OCH3 is 1. The standard InChI is InChI=1S/C14H27N3O3/c1-11(14(19)16-9-10-20-2)17-13(18)7-6-12-5-3-4-8-15-12/h11-12,15H,3-10H2,1-2H3,(H,16,19)(H,17,18). The fourth-order valence-corrected chi connectivity index (χ4v) is 2.28. The number of carbonyl (C=O) groups is 2. The summed E-state index contributed by atoms with van der Waals surface area (Å²) >= 11 is 0. The third-order valence-corrected chi connectivity index (χ3v) is 3.51. The zero-order valence-corrected chi connectivity index (χ0v) is 12.5. The minimum absolute atomic E-state index is 0.0632. The van der Waals surface area contributed by atoms with Crippen LogP contribution >= 0.6 is 0 Å².